The third kappa shape index (κ3) is 2.26. The standard InChI is InChI=1S/C10H10N6O2/c11-7-8(12)15-16-10(14-7)13-6-4-2-1-3-5(6)9(17)18/h1-4H,(H2,12,15)(H,17,18)(H3,11,13,14,16). The number of nitrogens with zero attached hydrogens (tertiary/aromatic N) is 3. The molecule has 2 rings (SSSR count). The van der Waals surface area contributed by atoms with Gasteiger partial charge in [-0.05, 0) is 12.1 Å². The van der Waals surface area contributed by atoms with Crippen molar-refractivity contribution in [1.29, 1.82) is 0 Å². The molecule has 8 nitrogen and oxygen atoms in total. The quantitative estimate of drug-likeness (QED) is 0.612. The molecule has 1 heterocycles. The minimum atomic E-state index is -1.06. The van der Waals surface area contributed by atoms with Crippen molar-refractivity contribution in [1.82, 2.24) is 15.2 Å². The van der Waals surface area contributed by atoms with Gasteiger partial charge in [0.25, 0.3) is 0 Å². The molecule has 0 aliphatic rings. The number of rotatable bonds is 3. The topological polar surface area (TPSA) is 140 Å². The molecule has 0 fully saturated rings. The molecular weight excluding hydrogens is 236 g/mol. The number of anilines is 4. The lowest BCUT2D eigenvalue weighted by molar-refractivity contribution is 0.0698. The van der Waals surface area contributed by atoms with Gasteiger partial charge in [-0.25, -0.2) is 4.79 Å². The Balaban J connectivity index is 2.34. The molecule has 0 spiro atoms. The largest absolute Gasteiger partial charge is 0.478 e. The molecule has 8 heteroatoms. The summed E-state index contributed by atoms with van der Waals surface area (Å²) in [6.07, 6.45) is 0. The van der Waals surface area contributed by atoms with Crippen molar-refractivity contribution in [3.05, 3.63) is 29.8 Å². The van der Waals surface area contributed by atoms with E-state index in [1.54, 1.807) is 18.2 Å². The van der Waals surface area contributed by atoms with Crippen LogP contribution in [0.15, 0.2) is 24.3 Å². The highest BCUT2D eigenvalue weighted by Crippen LogP contribution is 2.19. The van der Waals surface area contributed by atoms with Gasteiger partial charge in [0.2, 0.25) is 5.95 Å². The highest BCUT2D eigenvalue weighted by atomic mass is 16.4. The highest BCUT2D eigenvalue weighted by molar-refractivity contribution is 5.94. The fourth-order valence-corrected chi connectivity index (χ4v) is 1.30. The van der Waals surface area contributed by atoms with Gasteiger partial charge in [-0.2, -0.15) is 4.98 Å². The number of hydrogen-bond donors (Lipinski definition) is 4. The summed E-state index contributed by atoms with van der Waals surface area (Å²) in [5.41, 5.74) is 11.3. The molecule has 0 amide bonds. The van der Waals surface area contributed by atoms with Gasteiger partial charge >= 0.3 is 5.97 Å². The Morgan fingerprint density at radius 2 is 1.89 bits per heavy atom. The average Bonchev–Trinajstić information content (AvgIpc) is 2.34. The maximum absolute atomic E-state index is 11.0. The van der Waals surface area contributed by atoms with Crippen molar-refractivity contribution in [3.8, 4) is 0 Å². The van der Waals surface area contributed by atoms with Crippen LogP contribution in [-0.2, 0) is 0 Å². The molecule has 92 valence electrons. The molecule has 1 aromatic heterocycles. The number of para-hydroxylation sites is 1. The fourth-order valence-electron chi connectivity index (χ4n) is 1.30. The SMILES string of the molecule is Nc1nnc(Nc2ccccc2C(=O)O)nc1N. The van der Waals surface area contributed by atoms with Crippen LogP contribution in [0.1, 0.15) is 10.4 Å². The zero-order valence-corrected chi connectivity index (χ0v) is 9.16. The second-order valence-corrected chi connectivity index (χ2v) is 3.38. The maximum atomic E-state index is 11.0. The van der Waals surface area contributed by atoms with Crippen LogP contribution in [0.3, 0.4) is 0 Å². The number of benzene rings is 1. The number of nitrogens with one attached hydrogen (secondary N) is 1. The van der Waals surface area contributed by atoms with Crippen molar-refractivity contribution in [3.63, 3.8) is 0 Å². The van der Waals surface area contributed by atoms with E-state index >= 15 is 0 Å². The third-order valence-electron chi connectivity index (χ3n) is 2.15. The van der Waals surface area contributed by atoms with Gasteiger partial charge in [-0.15, -0.1) is 10.2 Å². The first-order valence-corrected chi connectivity index (χ1v) is 4.93. The van der Waals surface area contributed by atoms with Crippen LogP contribution < -0.4 is 16.8 Å². The number of carboxylic acids is 1. The van der Waals surface area contributed by atoms with Crippen LogP contribution in [0, 0.1) is 0 Å². The Hall–Kier alpha value is -2.90. The third-order valence-corrected chi connectivity index (χ3v) is 2.15. The summed E-state index contributed by atoms with van der Waals surface area (Å²) < 4.78 is 0. The second kappa shape index (κ2) is 4.53. The molecule has 0 aliphatic carbocycles. The average molecular weight is 246 g/mol. The van der Waals surface area contributed by atoms with E-state index in [0.29, 0.717) is 5.69 Å². The summed E-state index contributed by atoms with van der Waals surface area (Å²) in [6.45, 7) is 0. The van der Waals surface area contributed by atoms with E-state index in [1.807, 2.05) is 0 Å². The van der Waals surface area contributed by atoms with E-state index in [0.717, 1.165) is 0 Å². The number of aromatic nitrogens is 3. The summed E-state index contributed by atoms with van der Waals surface area (Å²) in [5, 5.41) is 19.0. The van der Waals surface area contributed by atoms with E-state index < -0.39 is 5.97 Å². The number of nitrogens with two attached hydrogens (primary N) is 2. The zero-order chi connectivity index (χ0) is 13.1. The van der Waals surface area contributed by atoms with Gasteiger partial charge in [0.05, 0.1) is 11.3 Å². The smallest absolute Gasteiger partial charge is 0.337 e. The lowest BCUT2D eigenvalue weighted by Crippen LogP contribution is -2.08. The molecular formula is C10H10N6O2. The summed E-state index contributed by atoms with van der Waals surface area (Å²) in [7, 11) is 0. The maximum Gasteiger partial charge on any atom is 0.337 e. The first-order chi connectivity index (χ1) is 8.58. The van der Waals surface area contributed by atoms with Crippen LogP contribution in [-0.4, -0.2) is 26.3 Å². The molecule has 0 saturated heterocycles. The molecule has 0 unspecified atom stereocenters. The predicted octanol–water partition coefficient (Wildman–Crippen LogP) is 0.478. The Morgan fingerprint density at radius 3 is 2.56 bits per heavy atom. The number of hydrogen-bond acceptors (Lipinski definition) is 7. The van der Waals surface area contributed by atoms with E-state index in [9.17, 15) is 4.79 Å². The van der Waals surface area contributed by atoms with Crippen LogP contribution in [0.5, 0.6) is 0 Å². The fraction of sp³-hybridized carbons (Fsp3) is 0. The second-order valence-electron chi connectivity index (χ2n) is 3.38. The van der Waals surface area contributed by atoms with Crippen molar-refractivity contribution < 1.29 is 9.90 Å². The molecule has 0 atom stereocenters. The van der Waals surface area contributed by atoms with E-state index in [1.165, 1.54) is 6.07 Å². The lowest BCUT2D eigenvalue weighted by Gasteiger charge is -2.07. The van der Waals surface area contributed by atoms with E-state index in [2.05, 4.69) is 20.5 Å². The lowest BCUT2D eigenvalue weighted by atomic mass is 10.2. The van der Waals surface area contributed by atoms with E-state index in [-0.39, 0.29) is 23.1 Å². The molecule has 18 heavy (non-hydrogen) atoms. The van der Waals surface area contributed by atoms with E-state index in [4.69, 9.17) is 16.6 Å². The van der Waals surface area contributed by atoms with Crippen molar-refractivity contribution in [2.45, 2.75) is 0 Å². The minimum Gasteiger partial charge on any atom is -0.478 e. The number of carbonyl (C=O) groups is 1. The molecule has 0 radical (unpaired) electrons. The zero-order valence-electron chi connectivity index (χ0n) is 9.16. The number of aromatic carboxylic acids is 1. The normalized spacial score (nSPS) is 10.0. The van der Waals surface area contributed by atoms with Crippen molar-refractivity contribution >= 4 is 29.2 Å². The van der Waals surface area contributed by atoms with Crippen molar-refractivity contribution in [2.24, 2.45) is 0 Å². The Morgan fingerprint density at radius 1 is 1.17 bits per heavy atom. The van der Waals surface area contributed by atoms with Gasteiger partial charge in [0.15, 0.2) is 11.6 Å². The van der Waals surface area contributed by atoms with Crippen LogP contribution in [0.25, 0.3) is 0 Å². The van der Waals surface area contributed by atoms with Gasteiger partial charge in [-0.3, -0.25) is 0 Å². The van der Waals surface area contributed by atoms with Gasteiger partial charge in [-0.1, -0.05) is 12.1 Å². The van der Waals surface area contributed by atoms with Crippen LogP contribution in [0.4, 0.5) is 23.3 Å². The molecule has 0 bridgehead atoms. The molecule has 2 aromatic rings. The Kier molecular flexibility index (Phi) is 2.92. The summed E-state index contributed by atoms with van der Waals surface area (Å²) in [4.78, 5) is 14.8. The highest BCUT2D eigenvalue weighted by Gasteiger charge is 2.10. The number of carboxylic acid groups (broad SMARTS) is 1. The summed E-state index contributed by atoms with van der Waals surface area (Å²) >= 11 is 0. The number of nitrogen functional groups attached to an aromatic ring is 2. The first-order valence-electron chi connectivity index (χ1n) is 4.93. The van der Waals surface area contributed by atoms with Crippen LogP contribution in [0.2, 0.25) is 0 Å². The molecule has 1 aromatic carbocycles. The van der Waals surface area contributed by atoms with Gasteiger partial charge in [0.1, 0.15) is 0 Å². The molecule has 6 N–H and O–H groups in total. The summed E-state index contributed by atoms with van der Waals surface area (Å²) in [5.74, 6) is -0.933. The van der Waals surface area contributed by atoms with Gasteiger partial charge in [0, 0.05) is 0 Å². The Labute approximate surface area is 102 Å². The van der Waals surface area contributed by atoms with Crippen molar-refractivity contribution in [2.75, 3.05) is 16.8 Å². The first kappa shape index (κ1) is 11.6. The molecule has 0 saturated carbocycles. The van der Waals surface area contributed by atoms with Gasteiger partial charge < -0.3 is 21.9 Å². The Bertz CT molecular complexity index is 601. The predicted molar refractivity (Wildman–Crippen MR) is 65.3 cm³/mol. The van der Waals surface area contributed by atoms with Crippen LogP contribution >= 0.6 is 0 Å². The molecule has 0 aliphatic heterocycles. The summed E-state index contributed by atoms with van der Waals surface area (Å²) in [6, 6.07) is 6.34. The monoisotopic (exact) mass is 246 g/mol. The minimum absolute atomic E-state index is 0.0204.